The smallest absolute Gasteiger partial charge is 0.283 e. The van der Waals surface area contributed by atoms with Crippen LogP contribution in [-0.4, -0.2) is 23.2 Å². The number of phenolic OH excluding ortho intramolecular Hbond substituents is 2. The maximum Gasteiger partial charge on any atom is 0.283 e. The molecule has 3 rings (SSSR count). The second-order valence-electron chi connectivity index (χ2n) is 6.03. The van der Waals surface area contributed by atoms with Crippen molar-refractivity contribution in [1.82, 2.24) is 0 Å². The lowest BCUT2D eigenvalue weighted by Gasteiger charge is -2.35. The molecule has 1 atom stereocenters. The van der Waals surface area contributed by atoms with Crippen LogP contribution < -0.4 is 0 Å². The number of rotatable bonds is 4. The van der Waals surface area contributed by atoms with Crippen molar-refractivity contribution in [3.05, 3.63) is 91.4 Å². The van der Waals surface area contributed by atoms with Crippen LogP contribution in [0.1, 0.15) is 16.7 Å². The summed E-state index contributed by atoms with van der Waals surface area (Å²) in [5.41, 5.74) is -0.766. The van der Waals surface area contributed by atoms with Crippen LogP contribution in [0.3, 0.4) is 0 Å². The number of aromatic hydroxyl groups is 2. The Morgan fingerprint density at radius 2 is 1.31 bits per heavy atom. The van der Waals surface area contributed by atoms with Gasteiger partial charge in [0.25, 0.3) is 10.1 Å². The van der Waals surface area contributed by atoms with E-state index in [1.54, 1.807) is 6.07 Å². The molecule has 0 spiro atoms. The first-order chi connectivity index (χ1) is 13.5. The van der Waals surface area contributed by atoms with Gasteiger partial charge in [0.15, 0.2) is 4.75 Å². The van der Waals surface area contributed by atoms with Gasteiger partial charge in [-0.05, 0) is 24.3 Å². The normalized spacial score (nSPS) is 13.8. The zero-order valence-corrected chi connectivity index (χ0v) is 18.1. The van der Waals surface area contributed by atoms with Crippen LogP contribution in [0, 0.1) is 0 Å². The summed E-state index contributed by atoms with van der Waals surface area (Å²) in [5.74, 6) is -0.942. The summed E-state index contributed by atoms with van der Waals surface area (Å²) in [6.07, 6.45) is 0. The lowest BCUT2D eigenvalue weighted by molar-refractivity contribution is 0.440. The van der Waals surface area contributed by atoms with E-state index >= 15 is 0 Å². The van der Waals surface area contributed by atoms with Gasteiger partial charge in [-0.15, -0.1) is 0 Å². The number of hydrogen-bond acceptors (Lipinski definition) is 4. The molecule has 3 aromatic carbocycles. The van der Waals surface area contributed by atoms with Crippen molar-refractivity contribution in [2.24, 2.45) is 0 Å². The van der Waals surface area contributed by atoms with Gasteiger partial charge in [0.2, 0.25) is 0 Å². The molecule has 0 saturated carbocycles. The second kappa shape index (κ2) is 7.87. The predicted octanol–water partition coefficient (Wildman–Crippen LogP) is 5.89. The Bertz CT molecular complexity index is 1190. The zero-order valence-electron chi connectivity index (χ0n) is 14.3. The highest BCUT2D eigenvalue weighted by molar-refractivity contribution is 7.87. The summed E-state index contributed by atoms with van der Waals surface area (Å²) in [6, 6.07) is 12.0. The Morgan fingerprint density at radius 1 is 0.690 bits per heavy atom. The van der Waals surface area contributed by atoms with Gasteiger partial charge in [0, 0.05) is 26.7 Å². The molecule has 152 valence electrons. The van der Waals surface area contributed by atoms with Crippen molar-refractivity contribution < 1.29 is 23.2 Å². The maximum absolute atomic E-state index is 13.0. The first-order valence-corrected chi connectivity index (χ1v) is 10.9. The van der Waals surface area contributed by atoms with Gasteiger partial charge in [0.1, 0.15) is 16.5 Å². The monoisotopic (exact) mass is 492 g/mol. The molecule has 0 heterocycles. The Labute approximate surface area is 186 Å². The molecule has 0 aliphatic heterocycles. The summed E-state index contributed by atoms with van der Waals surface area (Å²) in [7, 11) is -5.16. The molecule has 5 nitrogen and oxygen atoms in total. The molecule has 1 unspecified atom stereocenters. The first kappa shape index (κ1) is 22.0. The standard InChI is InChI=1S/C19H12Cl4O5S/c20-12-5-2-1-4-10(12)19(29(26,27)28,16-13(21)6-3-7-14(16)24)11-8-9-15(25)18(23)17(11)22/h1-9,24-25H,(H,26,27,28). The van der Waals surface area contributed by atoms with Crippen molar-refractivity contribution >= 4 is 56.5 Å². The lowest BCUT2D eigenvalue weighted by Crippen LogP contribution is -2.39. The number of hydrogen-bond donors (Lipinski definition) is 3. The van der Waals surface area contributed by atoms with E-state index in [0.29, 0.717) is 0 Å². The highest BCUT2D eigenvalue weighted by Gasteiger charge is 2.53. The summed E-state index contributed by atoms with van der Waals surface area (Å²) in [6.45, 7) is 0. The van der Waals surface area contributed by atoms with Gasteiger partial charge in [-0.25, -0.2) is 0 Å². The minimum absolute atomic E-state index is 0.0512. The molecule has 10 heteroatoms. The van der Waals surface area contributed by atoms with Crippen molar-refractivity contribution in [1.29, 1.82) is 0 Å². The quantitative estimate of drug-likeness (QED) is 0.311. The highest BCUT2D eigenvalue weighted by Crippen LogP contribution is 2.54. The fourth-order valence-corrected chi connectivity index (χ4v) is 5.84. The van der Waals surface area contributed by atoms with Crippen LogP contribution in [-0.2, 0) is 14.9 Å². The van der Waals surface area contributed by atoms with Crippen molar-refractivity contribution in [2.75, 3.05) is 0 Å². The third-order valence-corrected chi connectivity index (χ3v) is 7.36. The molecule has 0 bridgehead atoms. The summed E-state index contributed by atoms with van der Waals surface area (Å²) in [5, 5.41) is 19.5. The van der Waals surface area contributed by atoms with Crippen LogP contribution in [0.5, 0.6) is 11.5 Å². The van der Waals surface area contributed by atoms with E-state index in [0.717, 1.165) is 12.1 Å². The topological polar surface area (TPSA) is 94.8 Å². The molecule has 0 aliphatic carbocycles. The van der Waals surface area contributed by atoms with Crippen LogP contribution in [0.25, 0.3) is 0 Å². The third kappa shape index (κ3) is 3.44. The Balaban J connectivity index is 2.68. The van der Waals surface area contributed by atoms with Gasteiger partial charge < -0.3 is 10.2 Å². The Morgan fingerprint density at radius 3 is 1.90 bits per heavy atom. The van der Waals surface area contributed by atoms with E-state index in [1.807, 2.05) is 0 Å². The molecule has 29 heavy (non-hydrogen) atoms. The van der Waals surface area contributed by atoms with Gasteiger partial charge >= 0.3 is 0 Å². The summed E-state index contributed by atoms with van der Waals surface area (Å²) < 4.78 is 34.0. The van der Waals surface area contributed by atoms with Crippen LogP contribution in [0.4, 0.5) is 0 Å². The minimum Gasteiger partial charge on any atom is -0.508 e. The maximum atomic E-state index is 13.0. The number of halogens is 4. The third-order valence-electron chi connectivity index (χ3n) is 4.42. The molecule has 0 aliphatic rings. The molecule has 3 N–H and O–H groups in total. The average molecular weight is 494 g/mol. The van der Waals surface area contributed by atoms with Crippen LogP contribution in [0.2, 0.25) is 20.1 Å². The van der Waals surface area contributed by atoms with Crippen molar-refractivity contribution in [3.8, 4) is 11.5 Å². The largest absolute Gasteiger partial charge is 0.508 e. The van der Waals surface area contributed by atoms with E-state index < -0.39 is 26.4 Å². The number of benzene rings is 3. The first-order valence-electron chi connectivity index (χ1n) is 7.91. The molecule has 0 saturated heterocycles. The SMILES string of the molecule is O=S(=O)(O)C(c1ccccc1Cl)(c1ccc(O)c(Cl)c1Cl)c1c(O)cccc1Cl. The van der Waals surface area contributed by atoms with E-state index in [1.165, 1.54) is 36.4 Å². The average Bonchev–Trinajstić information content (AvgIpc) is 2.63. The number of phenols is 2. The molecule has 0 aromatic heterocycles. The molecule has 0 radical (unpaired) electrons. The van der Waals surface area contributed by atoms with E-state index in [9.17, 15) is 23.2 Å². The van der Waals surface area contributed by atoms with Gasteiger partial charge in [-0.3, -0.25) is 4.55 Å². The van der Waals surface area contributed by atoms with E-state index in [2.05, 4.69) is 0 Å². The van der Waals surface area contributed by atoms with E-state index in [-0.39, 0.29) is 36.8 Å². The molecule has 0 fully saturated rings. The fraction of sp³-hybridized carbons (Fsp3) is 0.0526. The molecule has 0 amide bonds. The van der Waals surface area contributed by atoms with Crippen LogP contribution >= 0.6 is 46.4 Å². The minimum atomic E-state index is -5.16. The summed E-state index contributed by atoms with van der Waals surface area (Å²) in [4.78, 5) is 0. The van der Waals surface area contributed by atoms with Crippen molar-refractivity contribution in [2.45, 2.75) is 4.75 Å². The lowest BCUT2D eigenvalue weighted by atomic mass is 9.83. The molecular formula is C19H12Cl4O5S. The highest BCUT2D eigenvalue weighted by atomic mass is 35.5. The van der Waals surface area contributed by atoms with Gasteiger partial charge in [0.05, 0.1) is 5.02 Å². The van der Waals surface area contributed by atoms with Crippen LogP contribution in [0.15, 0.2) is 54.6 Å². The molecular weight excluding hydrogens is 482 g/mol. The van der Waals surface area contributed by atoms with Gasteiger partial charge in [-0.1, -0.05) is 76.7 Å². The Kier molecular flexibility index (Phi) is 5.98. The summed E-state index contributed by atoms with van der Waals surface area (Å²) >= 11 is 25.0. The van der Waals surface area contributed by atoms with Crippen molar-refractivity contribution in [3.63, 3.8) is 0 Å². The second-order valence-corrected chi connectivity index (χ2v) is 9.16. The Hall–Kier alpha value is -1.67. The van der Waals surface area contributed by atoms with E-state index in [4.69, 9.17) is 46.4 Å². The zero-order chi connectivity index (χ0) is 21.6. The molecule has 3 aromatic rings. The fourth-order valence-electron chi connectivity index (χ4n) is 3.24. The predicted molar refractivity (Wildman–Crippen MR) is 114 cm³/mol. The van der Waals surface area contributed by atoms with Gasteiger partial charge in [-0.2, -0.15) is 8.42 Å².